The number of hydrogen-bond acceptors (Lipinski definition) is 3. The fourth-order valence-electron chi connectivity index (χ4n) is 1.80. The summed E-state index contributed by atoms with van der Waals surface area (Å²) >= 11 is 0. The van der Waals surface area contributed by atoms with E-state index >= 15 is 0 Å². The summed E-state index contributed by atoms with van der Waals surface area (Å²) in [6.07, 6.45) is 4.16. The van der Waals surface area contributed by atoms with Crippen LogP contribution in [0.15, 0.2) is 0 Å². The van der Waals surface area contributed by atoms with Crippen LogP contribution in [-0.2, 0) is 4.79 Å². The average Bonchev–Trinajstić information content (AvgIpc) is 2.98. The minimum absolute atomic E-state index is 0.0640. The molecular weight excluding hydrogens is 204 g/mol. The van der Waals surface area contributed by atoms with E-state index in [0.29, 0.717) is 6.54 Å². The van der Waals surface area contributed by atoms with Gasteiger partial charge in [-0.3, -0.25) is 4.79 Å². The Kier molecular flexibility index (Phi) is 5.22. The predicted molar refractivity (Wildman–Crippen MR) is 64.1 cm³/mol. The average molecular weight is 228 g/mol. The van der Waals surface area contributed by atoms with Crippen molar-refractivity contribution in [2.24, 2.45) is 5.41 Å². The van der Waals surface area contributed by atoms with Gasteiger partial charge in [-0.05, 0) is 38.0 Å². The molecule has 1 saturated carbocycles. The summed E-state index contributed by atoms with van der Waals surface area (Å²) in [7, 11) is 0. The van der Waals surface area contributed by atoms with E-state index in [2.05, 4.69) is 17.6 Å². The Morgan fingerprint density at radius 3 is 2.69 bits per heavy atom. The topological polar surface area (TPSA) is 61.4 Å². The number of aliphatic hydroxyl groups is 1. The van der Waals surface area contributed by atoms with E-state index in [9.17, 15) is 4.79 Å². The standard InChI is InChI=1S/C12H24N2O2/c1-3-10(2)14-11(16)8-13-9-12(4-5-12)6-7-15/h10,13,15H,3-9H2,1-2H3,(H,14,16). The van der Waals surface area contributed by atoms with E-state index in [1.165, 1.54) is 12.8 Å². The highest BCUT2D eigenvalue weighted by atomic mass is 16.3. The van der Waals surface area contributed by atoms with Crippen LogP contribution in [0.4, 0.5) is 0 Å². The molecule has 4 heteroatoms. The van der Waals surface area contributed by atoms with Gasteiger partial charge in [-0.2, -0.15) is 0 Å². The molecule has 0 bridgehead atoms. The van der Waals surface area contributed by atoms with E-state index in [1.54, 1.807) is 0 Å². The van der Waals surface area contributed by atoms with Gasteiger partial charge < -0.3 is 15.7 Å². The first-order valence-corrected chi connectivity index (χ1v) is 6.23. The van der Waals surface area contributed by atoms with Crippen LogP contribution >= 0.6 is 0 Å². The molecule has 0 aromatic carbocycles. The normalized spacial score (nSPS) is 19.2. The Balaban J connectivity index is 2.09. The number of amides is 1. The number of nitrogens with one attached hydrogen (secondary N) is 2. The molecule has 1 fully saturated rings. The first-order valence-electron chi connectivity index (χ1n) is 6.23. The van der Waals surface area contributed by atoms with E-state index in [0.717, 1.165) is 19.4 Å². The Morgan fingerprint density at radius 2 is 2.19 bits per heavy atom. The molecule has 4 nitrogen and oxygen atoms in total. The summed E-state index contributed by atoms with van der Waals surface area (Å²) in [5.41, 5.74) is 0.283. The lowest BCUT2D eigenvalue weighted by atomic mass is 10.0. The molecule has 0 saturated heterocycles. The molecule has 1 aliphatic rings. The van der Waals surface area contributed by atoms with Crippen LogP contribution in [0.2, 0.25) is 0 Å². The zero-order valence-corrected chi connectivity index (χ0v) is 10.4. The second-order valence-electron chi connectivity index (χ2n) is 4.95. The second-order valence-corrected chi connectivity index (χ2v) is 4.95. The smallest absolute Gasteiger partial charge is 0.234 e. The minimum atomic E-state index is 0.0640. The van der Waals surface area contributed by atoms with Gasteiger partial charge in [0.25, 0.3) is 0 Å². The Morgan fingerprint density at radius 1 is 1.50 bits per heavy atom. The van der Waals surface area contributed by atoms with E-state index in [1.807, 2.05) is 6.92 Å². The summed E-state index contributed by atoms with van der Waals surface area (Å²) in [5.74, 6) is 0.0640. The second kappa shape index (κ2) is 6.21. The van der Waals surface area contributed by atoms with Gasteiger partial charge in [-0.1, -0.05) is 6.92 Å². The number of hydrogen-bond donors (Lipinski definition) is 3. The number of aliphatic hydroxyl groups excluding tert-OH is 1. The van der Waals surface area contributed by atoms with Crippen molar-refractivity contribution in [2.45, 2.75) is 45.6 Å². The lowest BCUT2D eigenvalue weighted by molar-refractivity contribution is -0.120. The van der Waals surface area contributed by atoms with Crippen molar-refractivity contribution in [3.63, 3.8) is 0 Å². The highest BCUT2D eigenvalue weighted by molar-refractivity contribution is 5.78. The van der Waals surface area contributed by atoms with Gasteiger partial charge in [0.1, 0.15) is 0 Å². The molecule has 0 spiro atoms. The third-order valence-electron chi connectivity index (χ3n) is 3.40. The maximum absolute atomic E-state index is 11.5. The van der Waals surface area contributed by atoms with Crippen molar-refractivity contribution in [2.75, 3.05) is 19.7 Å². The van der Waals surface area contributed by atoms with Gasteiger partial charge in [0, 0.05) is 19.2 Å². The van der Waals surface area contributed by atoms with E-state index < -0.39 is 0 Å². The molecule has 16 heavy (non-hydrogen) atoms. The molecule has 94 valence electrons. The first-order chi connectivity index (χ1) is 7.62. The lowest BCUT2D eigenvalue weighted by Crippen LogP contribution is -2.40. The molecule has 1 aliphatic carbocycles. The van der Waals surface area contributed by atoms with E-state index in [-0.39, 0.29) is 24.0 Å². The van der Waals surface area contributed by atoms with Crippen molar-refractivity contribution in [3.8, 4) is 0 Å². The SMILES string of the molecule is CCC(C)NC(=O)CNCC1(CCO)CC1. The van der Waals surface area contributed by atoms with Crippen molar-refractivity contribution >= 4 is 5.91 Å². The molecule has 1 amide bonds. The maximum atomic E-state index is 11.5. The highest BCUT2D eigenvalue weighted by Gasteiger charge is 2.41. The van der Waals surface area contributed by atoms with Crippen molar-refractivity contribution in [1.29, 1.82) is 0 Å². The molecule has 0 aromatic rings. The van der Waals surface area contributed by atoms with Crippen LogP contribution in [0.1, 0.15) is 39.5 Å². The largest absolute Gasteiger partial charge is 0.396 e. The molecule has 1 unspecified atom stereocenters. The number of carbonyl (C=O) groups excluding carboxylic acids is 1. The molecule has 3 N–H and O–H groups in total. The zero-order chi connectivity index (χ0) is 12.0. The molecule has 0 aromatic heterocycles. The summed E-state index contributed by atoms with van der Waals surface area (Å²) in [6.45, 7) is 5.55. The first kappa shape index (κ1) is 13.5. The maximum Gasteiger partial charge on any atom is 0.234 e. The molecular formula is C12H24N2O2. The van der Waals surface area contributed by atoms with Gasteiger partial charge in [0.05, 0.1) is 6.54 Å². The summed E-state index contributed by atoms with van der Waals surface area (Å²) < 4.78 is 0. The molecule has 0 heterocycles. The van der Waals surface area contributed by atoms with Gasteiger partial charge in [0.2, 0.25) is 5.91 Å². The van der Waals surface area contributed by atoms with Crippen molar-refractivity contribution < 1.29 is 9.90 Å². The quantitative estimate of drug-likeness (QED) is 0.572. The van der Waals surface area contributed by atoms with Crippen LogP contribution in [-0.4, -0.2) is 36.8 Å². The highest BCUT2D eigenvalue weighted by Crippen LogP contribution is 2.47. The Hall–Kier alpha value is -0.610. The summed E-state index contributed by atoms with van der Waals surface area (Å²) in [5, 5.41) is 15.0. The lowest BCUT2D eigenvalue weighted by Gasteiger charge is -2.15. The molecule has 1 rings (SSSR count). The van der Waals surface area contributed by atoms with Gasteiger partial charge in [0.15, 0.2) is 0 Å². The fourth-order valence-corrected chi connectivity index (χ4v) is 1.80. The van der Waals surface area contributed by atoms with Crippen LogP contribution in [0, 0.1) is 5.41 Å². The molecule has 0 radical (unpaired) electrons. The Labute approximate surface area is 97.8 Å². The monoisotopic (exact) mass is 228 g/mol. The van der Waals surface area contributed by atoms with Crippen molar-refractivity contribution in [1.82, 2.24) is 10.6 Å². The van der Waals surface area contributed by atoms with Crippen molar-refractivity contribution in [3.05, 3.63) is 0 Å². The minimum Gasteiger partial charge on any atom is -0.396 e. The predicted octanol–water partition coefficient (Wildman–Crippen LogP) is 0.653. The third-order valence-corrected chi connectivity index (χ3v) is 3.40. The molecule has 0 aliphatic heterocycles. The van der Waals surface area contributed by atoms with Crippen LogP contribution < -0.4 is 10.6 Å². The van der Waals surface area contributed by atoms with Gasteiger partial charge in [-0.15, -0.1) is 0 Å². The van der Waals surface area contributed by atoms with Gasteiger partial charge in [-0.25, -0.2) is 0 Å². The fraction of sp³-hybridized carbons (Fsp3) is 0.917. The van der Waals surface area contributed by atoms with Crippen LogP contribution in [0.3, 0.4) is 0 Å². The zero-order valence-electron chi connectivity index (χ0n) is 10.4. The summed E-state index contributed by atoms with van der Waals surface area (Å²) in [6, 6.07) is 0.252. The van der Waals surface area contributed by atoms with Crippen LogP contribution in [0.25, 0.3) is 0 Å². The number of rotatable bonds is 8. The van der Waals surface area contributed by atoms with E-state index in [4.69, 9.17) is 5.11 Å². The molecule has 1 atom stereocenters. The summed E-state index contributed by atoms with van der Waals surface area (Å²) in [4.78, 5) is 11.5. The number of carbonyl (C=O) groups is 1. The Bertz CT molecular complexity index is 227. The third kappa shape index (κ3) is 4.49. The van der Waals surface area contributed by atoms with Gasteiger partial charge >= 0.3 is 0 Å². The van der Waals surface area contributed by atoms with Crippen LogP contribution in [0.5, 0.6) is 0 Å².